The Bertz CT molecular complexity index is 500. The first kappa shape index (κ1) is 12.6. The molecule has 2 N–H and O–H groups in total. The molecular weight excluding hydrogens is 237 g/mol. The summed E-state index contributed by atoms with van der Waals surface area (Å²) in [5, 5.41) is 8.54. The third-order valence-electron chi connectivity index (χ3n) is 1.83. The van der Waals surface area contributed by atoms with Crippen LogP contribution in [0.1, 0.15) is 6.92 Å². The van der Waals surface area contributed by atoms with E-state index in [2.05, 4.69) is 0 Å². The van der Waals surface area contributed by atoms with Crippen molar-refractivity contribution in [1.29, 1.82) is 0 Å². The van der Waals surface area contributed by atoms with Crippen molar-refractivity contribution < 1.29 is 22.7 Å². The van der Waals surface area contributed by atoms with Crippen molar-refractivity contribution in [3.63, 3.8) is 0 Å². The molecule has 0 spiro atoms. The monoisotopic (exact) mass is 247 g/mol. The van der Waals surface area contributed by atoms with Gasteiger partial charge in [0.15, 0.2) is 0 Å². The van der Waals surface area contributed by atoms with Gasteiger partial charge in [0.05, 0.1) is 0 Å². The number of hydrogen-bond acceptors (Lipinski definition) is 3. The second kappa shape index (κ2) is 4.58. The molecule has 0 heterocycles. The van der Waals surface area contributed by atoms with E-state index < -0.39 is 32.7 Å². The summed E-state index contributed by atoms with van der Waals surface area (Å²) in [6.45, 7) is 1.15. The van der Waals surface area contributed by atoms with Gasteiger partial charge in [-0.25, -0.2) is 12.8 Å². The van der Waals surface area contributed by atoms with Crippen molar-refractivity contribution in [2.45, 2.75) is 17.9 Å². The Morgan fingerprint density at radius 1 is 1.44 bits per heavy atom. The van der Waals surface area contributed by atoms with Gasteiger partial charge < -0.3 is 5.11 Å². The fraction of sp³-hybridized carbons (Fsp3) is 0.222. The van der Waals surface area contributed by atoms with Crippen LogP contribution in [0.5, 0.6) is 0 Å². The lowest BCUT2D eigenvalue weighted by atomic mass is 10.3. The minimum atomic E-state index is -4.14. The number of sulfonamides is 1. The lowest BCUT2D eigenvalue weighted by molar-refractivity contribution is -0.138. The third kappa shape index (κ3) is 2.77. The summed E-state index contributed by atoms with van der Waals surface area (Å²) in [5.74, 6) is -2.26. The van der Waals surface area contributed by atoms with E-state index in [0.717, 1.165) is 19.1 Å². The second-order valence-electron chi connectivity index (χ2n) is 3.11. The zero-order valence-corrected chi connectivity index (χ0v) is 9.16. The number of nitrogens with one attached hydrogen (secondary N) is 1. The molecule has 5 nitrogen and oxygen atoms in total. The smallest absolute Gasteiger partial charge is 0.321 e. The van der Waals surface area contributed by atoms with Crippen molar-refractivity contribution in [3.8, 4) is 0 Å². The summed E-state index contributed by atoms with van der Waals surface area (Å²) in [5.41, 5.74) is 0. The van der Waals surface area contributed by atoms with Crippen LogP contribution in [0.4, 0.5) is 4.39 Å². The highest BCUT2D eigenvalue weighted by molar-refractivity contribution is 7.89. The quantitative estimate of drug-likeness (QED) is 0.815. The molecule has 1 atom stereocenters. The molecule has 0 aliphatic heterocycles. The normalized spacial score (nSPS) is 13.4. The number of halogens is 1. The van der Waals surface area contributed by atoms with E-state index in [1.165, 1.54) is 12.1 Å². The molecule has 0 bridgehead atoms. The zero-order chi connectivity index (χ0) is 12.3. The van der Waals surface area contributed by atoms with E-state index >= 15 is 0 Å². The average molecular weight is 247 g/mol. The van der Waals surface area contributed by atoms with Crippen molar-refractivity contribution in [3.05, 3.63) is 30.1 Å². The molecular formula is C9H10FNO4S. The molecule has 0 unspecified atom stereocenters. The van der Waals surface area contributed by atoms with Gasteiger partial charge in [-0.3, -0.25) is 4.79 Å². The first-order valence-electron chi connectivity index (χ1n) is 4.34. The number of benzene rings is 1. The summed E-state index contributed by atoms with van der Waals surface area (Å²) in [4.78, 5) is 9.91. The summed E-state index contributed by atoms with van der Waals surface area (Å²) in [7, 11) is -4.14. The Labute approximate surface area is 92.0 Å². The second-order valence-corrected chi connectivity index (χ2v) is 4.79. The molecule has 0 aliphatic rings. The maximum Gasteiger partial charge on any atom is 0.321 e. The van der Waals surface area contributed by atoms with E-state index in [4.69, 9.17) is 5.11 Å². The van der Waals surface area contributed by atoms with E-state index in [9.17, 15) is 17.6 Å². The summed E-state index contributed by atoms with van der Waals surface area (Å²) < 4.78 is 38.1. The Hall–Kier alpha value is -1.47. The number of rotatable bonds is 4. The van der Waals surface area contributed by atoms with Crippen molar-refractivity contribution in [2.75, 3.05) is 0 Å². The van der Waals surface area contributed by atoms with E-state index in [1.807, 2.05) is 4.72 Å². The standard InChI is InChI=1S/C9H10FNO4S/c1-6(9(12)13)11-16(14,15)8-5-3-2-4-7(8)10/h2-6,11H,1H3,(H,12,13)/t6-/m0/s1. The van der Waals surface area contributed by atoms with Gasteiger partial charge in [0.1, 0.15) is 16.8 Å². The fourth-order valence-corrected chi connectivity index (χ4v) is 2.29. The minimum Gasteiger partial charge on any atom is -0.480 e. The highest BCUT2D eigenvalue weighted by atomic mass is 32.2. The van der Waals surface area contributed by atoms with Crippen LogP contribution < -0.4 is 4.72 Å². The molecule has 1 rings (SSSR count). The molecule has 16 heavy (non-hydrogen) atoms. The number of carboxylic acid groups (broad SMARTS) is 1. The Balaban J connectivity index is 3.04. The summed E-state index contributed by atoms with van der Waals surface area (Å²) in [6, 6.07) is 3.43. The molecule has 1 aromatic rings. The van der Waals surface area contributed by atoms with Gasteiger partial charge in [-0.1, -0.05) is 12.1 Å². The van der Waals surface area contributed by atoms with Crippen molar-refractivity contribution in [2.24, 2.45) is 0 Å². The van der Waals surface area contributed by atoms with Crippen LogP contribution in [0.3, 0.4) is 0 Å². The number of aliphatic carboxylic acids is 1. The summed E-state index contributed by atoms with van der Waals surface area (Å²) >= 11 is 0. The van der Waals surface area contributed by atoms with Crippen LogP contribution in [0.25, 0.3) is 0 Å². The molecule has 0 radical (unpaired) electrons. The maximum absolute atomic E-state index is 13.2. The SMILES string of the molecule is C[C@H](NS(=O)(=O)c1ccccc1F)C(=O)O. The van der Waals surface area contributed by atoms with Gasteiger partial charge >= 0.3 is 5.97 Å². The molecule has 0 aromatic heterocycles. The number of carboxylic acids is 1. The van der Waals surface area contributed by atoms with E-state index in [0.29, 0.717) is 0 Å². The van der Waals surface area contributed by atoms with Crippen LogP contribution in [0, 0.1) is 5.82 Å². The molecule has 88 valence electrons. The topological polar surface area (TPSA) is 83.5 Å². The molecule has 7 heteroatoms. The molecule has 0 saturated carbocycles. The zero-order valence-electron chi connectivity index (χ0n) is 8.34. The van der Waals surface area contributed by atoms with Crippen LogP contribution >= 0.6 is 0 Å². The number of carbonyl (C=O) groups is 1. The van der Waals surface area contributed by atoms with Gasteiger partial charge in [0.25, 0.3) is 0 Å². The van der Waals surface area contributed by atoms with Crippen LogP contribution in [-0.2, 0) is 14.8 Å². The average Bonchev–Trinajstić information content (AvgIpc) is 2.17. The molecule has 0 aliphatic carbocycles. The van der Waals surface area contributed by atoms with Crippen LogP contribution in [0.15, 0.2) is 29.2 Å². The Kier molecular flexibility index (Phi) is 3.61. The van der Waals surface area contributed by atoms with E-state index in [1.54, 1.807) is 0 Å². The first-order valence-corrected chi connectivity index (χ1v) is 5.82. The summed E-state index contributed by atoms with van der Waals surface area (Å²) in [6.07, 6.45) is 0. The van der Waals surface area contributed by atoms with Gasteiger partial charge in [-0.2, -0.15) is 4.72 Å². The highest BCUT2D eigenvalue weighted by Crippen LogP contribution is 2.13. The molecule has 0 fully saturated rings. The lowest BCUT2D eigenvalue weighted by Gasteiger charge is -2.10. The fourth-order valence-electron chi connectivity index (χ4n) is 1.01. The van der Waals surface area contributed by atoms with Crippen LogP contribution in [-0.4, -0.2) is 25.5 Å². The van der Waals surface area contributed by atoms with Crippen LogP contribution in [0.2, 0.25) is 0 Å². The predicted octanol–water partition coefficient (Wildman–Crippen LogP) is 0.577. The molecule has 0 saturated heterocycles. The molecule has 1 aromatic carbocycles. The molecule has 0 amide bonds. The largest absolute Gasteiger partial charge is 0.480 e. The van der Waals surface area contributed by atoms with Crippen molar-refractivity contribution in [1.82, 2.24) is 4.72 Å². The Morgan fingerprint density at radius 2 is 2.00 bits per heavy atom. The van der Waals surface area contributed by atoms with Crippen molar-refractivity contribution >= 4 is 16.0 Å². The predicted molar refractivity (Wildman–Crippen MR) is 53.8 cm³/mol. The van der Waals surface area contributed by atoms with E-state index in [-0.39, 0.29) is 0 Å². The minimum absolute atomic E-state index is 0.567. The van der Waals surface area contributed by atoms with Gasteiger partial charge in [0.2, 0.25) is 10.0 Å². The maximum atomic E-state index is 13.2. The van der Waals surface area contributed by atoms with Gasteiger partial charge in [-0.05, 0) is 19.1 Å². The Morgan fingerprint density at radius 3 is 2.50 bits per heavy atom. The first-order chi connectivity index (χ1) is 7.34. The van der Waals surface area contributed by atoms with Gasteiger partial charge in [-0.15, -0.1) is 0 Å². The van der Waals surface area contributed by atoms with Gasteiger partial charge in [0, 0.05) is 0 Å². The number of hydrogen-bond donors (Lipinski definition) is 2. The lowest BCUT2D eigenvalue weighted by Crippen LogP contribution is -2.38. The highest BCUT2D eigenvalue weighted by Gasteiger charge is 2.23. The third-order valence-corrected chi connectivity index (χ3v) is 3.40.